The van der Waals surface area contributed by atoms with Gasteiger partial charge in [-0.15, -0.1) is 0 Å². The maximum Gasteiger partial charge on any atom is 0.151 e. The molecule has 0 saturated carbocycles. The largest absolute Gasteiger partial charge is 0.298 e. The number of hydrogen-bond donors (Lipinski definition) is 0. The Bertz CT molecular complexity index is 592. The highest BCUT2D eigenvalue weighted by molar-refractivity contribution is 9.10. The molecule has 0 atom stereocenters. The molecule has 0 N–H and O–H groups in total. The standard InChI is InChI=1S/C15H20BrN3O/c1-11(2)6-4-3-5-7-19-17-14-8-12(10-20)13(16)9-15(14)18-19/h8-11H,3-7H2,1-2H3. The second-order valence-electron chi connectivity index (χ2n) is 5.52. The lowest BCUT2D eigenvalue weighted by molar-refractivity contribution is 0.112. The minimum Gasteiger partial charge on any atom is -0.298 e. The summed E-state index contributed by atoms with van der Waals surface area (Å²) >= 11 is 3.37. The van der Waals surface area contributed by atoms with Gasteiger partial charge in [0.1, 0.15) is 11.0 Å². The molecule has 4 nitrogen and oxygen atoms in total. The summed E-state index contributed by atoms with van der Waals surface area (Å²) in [4.78, 5) is 12.6. The van der Waals surface area contributed by atoms with Gasteiger partial charge in [0.2, 0.25) is 0 Å². The molecule has 0 unspecified atom stereocenters. The Morgan fingerprint density at radius 3 is 2.55 bits per heavy atom. The van der Waals surface area contributed by atoms with Crippen molar-refractivity contribution in [2.24, 2.45) is 5.92 Å². The Balaban J connectivity index is 1.96. The maximum atomic E-state index is 10.9. The molecule has 2 rings (SSSR count). The van der Waals surface area contributed by atoms with Crippen LogP contribution >= 0.6 is 15.9 Å². The number of halogens is 1. The molecular weight excluding hydrogens is 318 g/mol. The van der Waals surface area contributed by atoms with Gasteiger partial charge in [-0.3, -0.25) is 4.79 Å². The van der Waals surface area contributed by atoms with Gasteiger partial charge in [0.15, 0.2) is 6.29 Å². The summed E-state index contributed by atoms with van der Waals surface area (Å²) < 4.78 is 0.768. The Hall–Kier alpha value is -1.23. The molecule has 1 heterocycles. The van der Waals surface area contributed by atoms with Gasteiger partial charge in [0.25, 0.3) is 0 Å². The lowest BCUT2D eigenvalue weighted by Crippen LogP contribution is -2.02. The number of benzene rings is 1. The Morgan fingerprint density at radius 1 is 1.20 bits per heavy atom. The molecule has 0 aliphatic rings. The van der Waals surface area contributed by atoms with E-state index in [9.17, 15) is 4.79 Å². The van der Waals surface area contributed by atoms with E-state index in [4.69, 9.17) is 0 Å². The third-order valence-corrected chi connectivity index (χ3v) is 3.99. The van der Waals surface area contributed by atoms with Crippen molar-refractivity contribution >= 4 is 33.2 Å². The lowest BCUT2D eigenvalue weighted by atomic mass is 10.1. The first kappa shape index (κ1) is 15.2. The van der Waals surface area contributed by atoms with E-state index in [0.717, 1.165) is 40.7 Å². The molecule has 0 radical (unpaired) electrons. The van der Waals surface area contributed by atoms with E-state index in [1.54, 1.807) is 10.9 Å². The van der Waals surface area contributed by atoms with Gasteiger partial charge < -0.3 is 0 Å². The van der Waals surface area contributed by atoms with Gasteiger partial charge in [0, 0.05) is 10.0 Å². The van der Waals surface area contributed by atoms with Crippen LogP contribution in [0.25, 0.3) is 11.0 Å². The predicted octanol–water partition coefficient (Wildman–Crippen LogP) is 4.22. The zero-order valence-electron chi connectivity index (χ0n) is 12.0. The van der Waals surface area contributed by atoms with Crippen molar-refractivity contribution in [1.29, 1.82) is 0 Å². The van der Waals surface area contributed by atoms with E-state index >= 15 is 0 Å². The molecule has 0 bridgehead atoms. The van der Waals surface area contributed by atoms with Crippen LogP contribution in [0.2, 0.25) is 0 Å². The average Bonchev–Trinajstić information content (AvgIpc) is 2.78. The van der Waals surface area contributed by atoms with Crippen molar-refractivity contribution in [3.63, 3.8) is 0 Å². The van der Waals surface area contributed by atoms with Crippen LogP contribution in [0.4, 0.5) is 0 Å². The van der Waals surface area contributed by atoms with E-state index in [0.29, 0.717) is 5.56 Å². The zero-order valence-corrected chi connectivity index (χ0v) is 13.6. The van der Waals surface area contributed by atoms with Crippen molar-refractivity contribution in [1.82, 2.24) is 15.0 Å². The van der Waals surface area contributed by atoms with Crippen molar-refractivity contribution in [2.75, 3.05) is 0 Å². The van der Waals surface area contributed by atoms with Gasteiger partial charge >= 0.3 is 0 Å². The van der Waals surface area contributed by atoms with Crippen LogP contribution in [0.15, 0.2) is 16.6 Å². The van der Waals surface area contributed by atoms with Crippen LogP contribution in [-0.4, -0.2) is 21.3 Å². The van der Waals surface area contributed by atoms with Crippen molar-refractivity contribution in [3.05, 3.63) is 22.2 Å². The van der Waals surface area contributed by atoms with E-state index in [1.807, 2.05) is 6.07 Å². The molecule has 0 aliphatic heterocycles. The molecule has 0 spiro atoms. The monoisotopic (exact) mass is 337 g/mol. The van der Waals surface area contributed by atoms with Gasteiger partial charge in [-0.25, -0.2) is 0 Å². The maximum absolute atomic E-state index is 10.9. The quantitative estimate of drug-likeness (QED) is 0.561. The minimum atomic E-state index is 0.612. The second-order valence-corrected chi connectivity index (χ2v) is 6.37. The molecule has 1 aromatic carbocycles. The van der Waals surface area contributed by atoms with E-state index in [1.165, 1.54) is 19.3 Å². The van der Waals surface area contributed by atoms with Crippen LogP contribution in [0.5, 0.6) is 0 Å². The smallest absolute Gasteiger partial charge is 0.151 e. The highest BCUT2D eigenvalue weighted by atomic mass is 79.9. The number of aryl methyl sites for hydroxylation is 1. The fourth-order valence-corrected chi connectivity index (χ4v) is 2.60. The van der Waals surface area contributed by atoms with Gasteiger partial charge in [-0.1, -0.05) is 33.1 Å². The first-order chi connectivity index (χ1) is 9.60. The highest BCUT2D eigenvalue weighted by Crippen LogP contribution is 2.21. The number of hydrogen-bond acceptors (Lipinski definition) is 3. The van der Waals surface area contributed by atoms with Crippen molar-refractivity contribution < 1.29 is 4.79 Å². The molecule has 0 aliphatic carbocycles. The van der Waals surface area contributed by atoms with E-state index in [2.05, 4.69) is 40.0 Å². The zero-order chi connectivity index (χ0) is 14.5. The Labute approximate surface area is 127 Å². The SMILES string of the molecule is CC(C)CCCCCn1nc2cc(Br)c(C=O)cc2n1. The molecule has 20 heavy (non-hydrogen) atoms. The summed E-state index contributed by atoms with van der Waals surface area (Å²) in [7, 11) is 0. The van der Waals surface area contributed by atoms with Gasteiger partial charge in [-0.2, -0.15) is 15.0 Å². The number of carbonyl (C=O) groups is 1. The van der Waals surface area contributed by atoms with Gasteiger partial charge in [-0.05, 0) is 40.4 Å². The summed E-state index contributed by atoms with van der Waals surface area (Å²) in [6.07, 6.45) is 5.67. The summed E-state index contributed by atoms with van der Waals surface area (Å²) in [5.41, 5.74) is 2.21. The normalized spacial score (nSPS) is 11.4. The topological polar surface area (TPSA) is 47.8 Å². The minimum absolute atomic E-state index is 0.612. The van der Waals surface area contributed by atoms with E-state index < -0.39 is 0 Å². The Kier molecular flexibility index (Phi) is 5.29. The van der Waals surface area contributed by atoms with Crippen molar-refractivity contribution in [3.8, 4) is 0 Å². The molecule has 0 fully saturated rings. The highest BCUT2D eigenvalue weighted by Gasteiger charge is 2.07. The van der Waals surface area contributed by atoms with Crippen molar-refractivity contribution in [2.45, 2.75) is 46.1 Å². The number of fused-ring (bicyclic) bond motifs is 1. The first-order valence-corrected chi connectivity index (χ1v) is 7.89. The molecule has 2 aromatic rings. The number of nitrogens with zero attached hydrogens (tertiary/aromatic N) is 3. The summed E-state index contributed by atoms with van der Waals surface area (Å²) in [6, 6.07) is 3.62. The fourth-order valence-electron chi connectivity index (χ4n) is 2.17. The number of rotatable bonds is 7. The van der Waals surface area contributed by atoms with Crippen LogP contribution in [0.3, 0.4) is 0 Å². The second kappa shape index (κ2) is 6.97. The van der Waals surface area contributed by atoms with Gasteiger partial charge in [0.05, 0.1) is 6.54 Å². The third kappa shape index (κ3) is 3.88. The third-order valence-electron chi connectivity index (χ3n) is 3.31. The number of carbonyl (C=O) groups excluding carboxylic acids is 1. The molecule has 1 aromatic heterocycles. The van der Waals surface area contributed by atoms with E-state index in [-0.39, 0.29) is 0 Å². The predicted molar refractivity (Wildman–Crippen MR) is 83.9 cm³/mol. The lowest BCUT2D eigenvalue weighted by Gasteiger charge is -2.03. The van der Waals surface area contributed by atoms with Crippen LogP contribution in [-0.2, 0) is 6.54 Å². The first-order valence-electron chi connectivity index (χ1n) is 7.09. The molecular formula is C15H20BrN3O. The molecule has 5 heteroatoms. The molecule has 108 valence electrons. The number of aldehydes is 1. The summed E-state index contributed by atoms with van der Waals surface area (Å²) in [5, 5.41) is 8.86. The number of unbranched alkanes of at least 4 members (excludes halogenated alkanes) is 2. The summed E-state index contributed by atoms with van der Waals surface area (Å²) in [6.45, 7) is 5.34. The molecule has 0 saturated heterocycles. The van der Waals surface area contributed by atoms with Crippen LogP contribution < -0.4 is 0 Å². The van der Waals surface area contributed by atoms with Crippen LogP contribution in [0, 0.1) is 5.92 Å². The van der Waals surface area contributed by atoms with Crippen LogP contribution in [0.1, 0.15) is 49.9 Å². The summed E-state index contributed by atoms with van der Waals surface area (Å²) in [5.74, 6) is 0.777. The Morgan fingerprint density at radius 2 is 1.90 bits per heavy atom. The number of aromatic nitrogens is 3. The molecule has 0 amide bonds. The average molecular weight is 338 g/mol. The fraction of sp³-hybridized carbons (Fsp3) is 0.533.